The topological polar surface area (TPSA) is 82.2 Å². The van der Waals surface area contributed by atoms with Gasteiger partial charge in [0, 0.05) is 44.1 Å². The molecule has 1 fully saturated rings. The number of carbonyl (C=O) groups excluding carboxylic acids is 2. The molecule has 0 radical (unpaired) electrons. The number of H-pyrrole nitrogens is 1. The van der Waals surface area contributed by atoms with Crippen LogP contribution in [0.25, 0.3) is 11.3 Å². The lowest BCUT2D eigenvalue weighted by molar-refractivity contribution is -0.132. The van der Waals surface area contributed by atoms with Crippen molar-refractivity contribution in [2.75, 3.05) is 26.2 Å². The number of rotatable bonds is 4. The van der Waals surface area contributed by atoms with Crippen molar-refractivity contribution in [3.8, 4) is 11.3 Å². The maximum atomic E-state index is 13.8. The molecule has 1 aliphatic rings. The molecule has 4 rings (SSSR count). The second-order valence-corrected chi connectivity index (χ2v) is 6.84. The zero-order valence-electron chi connectivity index (χ0n) is 15.7. The first-order chi connectivity index (χ1) is 14.1. The van der Waals surface area contributed by atoms with Gasteiger partial charge in [0.15, 0.2) is 0 Å². The summed E-state index contributed by atoms with van der Waals surface area (Å²) in [5.74, 6) is -0.665. The Morgan fingerprint density at radius 1 is 1.00 bits per heavy atom. The number of aromatic amines is 1. The van der Waals surface area contributed by atoms with E-state index in [4.69, 9.17) is 0 Å². The van der Waals surface area contributed by atoms with Gasteiger partial charge in [0.1, 0.15) is 11.5 Å². The van der Waals surface area contributed by atoms with E-state index < -0.39 is 0 Å². The van der Waals surface area contributed by atoms with Gasteiger partial charge in [-0.3, -0.25) is 19.7 Å². The average Bonchev–Trinajstić information content (AvgIpc) is 3.26. The van der Waals surface area contributed by atoms with Crippen molar-refractivity contribution >= 4 is 11.8 Å². The molecule has 1 saturated heterocycles. The third-order valence-corrected chi connectivity index (χ3v) is 5.00. The Balaban J connectivity index is 1.35. The summed E-state index contributed by atoms with van der Waals surface area (Å²) in [6, 6.07) is 11.6. The summed E-state index contributed by atoms with van der Waals surface area (Å²) in [6.45, 7) is 1.69. The largest absolute Gasteiger partial charge is 0.339 e. The maximum absolute atomic E-state index is 13.8. The molecular formula is C21H20FN5O2. The van der Waals surface area contributed by atoms with Crippen LogP contribution in [-0.4, -0.2) is 63.0 Å². The number of amides is 2. The second-order valence-electron chi connectivity index (χ2n) is 6.84. The smallest absolute Gasteiger partial charge is 0.272 e. The van der Waals surface area contributed by atoms with Crippen LogP contribution in [0, 0.1) is 5.82 Å². The van der Waals surface area contributed by atoms with Gasteiger partial charge in [-0.1, -0.05) is 18.2 Å². The fourth-order valence-electron chi connectivity index (χ4n) is 3.35. The summed E-state index contributed by atoms with van der Waals surface area (Å²) >= 11 is 0. The molecule has 0 atom stereocenters. The Morgan fingerprint density at radius 2 is 1.69 bits per heavy atom. The Hall–Kier alpha value is -3.55. The highest BCUT2D eigenvalue weighted by Gasteiger charge is 2.26. The van der Waals surface area contributed by atoms with Gasteiger partial charge in [0.05, 0.1) is 12.1 Å². The van der Waals surface area contributed by atoms with Crippen LogP contribution in [-0.2, 0) is 11.2 Å². The Labute approximate surface area is 167 Å². The highest BCUT2D eigenvalue weighted by Crippen LogP contribution is 2.18. The summed E-state index contributed by atoms with van der Waals surface area (Å²) in [5, 5.41) is 6.99. The van der Waals surface area contributed by atoms with Gasteiger partial charge >= 0.3 is 0 Å². The van der Waals surface area contributed by atoms with Gasteiger partial charge in [-0.05, 0) is 29.8 Å². The summed E-state index contributed by atoms with van der Waals surface area (Å²) in [7, 11) is 0. The Kier molecular flexibility index (Phi) is 5.33. The van der Waals surface area contributed by atoms with E-state index in [1.807, 2.05) is 12.1 Å². The SMILES string of the molecule is O=C(Cc1ccccc1F)N1CCN(C(=O)c2cc(-c3ccncc3)n[nH]2)CC1. The molecule has 29 heavy (non-hydrogen) atoms. The molecule has 7 nitrogen and oxygen atoms in total. The monoisotopic (exact) mass is 393 g/mol. The molecule has 2 aromatic heterocycles. The lowest BCUT2D eigenvalue weighted by Gasteiger charge is -2.34. The number of nitrogens with one attached hydrogen (secondary N) is 1. The van der Waals surface area contributed by atoms with E-state index in [2.05, 4.69) is 15.2 Å². The van der Waals surface area contributed by atoms with Crippen LogP contribution in [0.15, 0.2) is 54.9 Å². The number of benzene rings is 1. The van der Waals surface area contributed by atoms with Gasteiger partial charge in [0.2, 0.25) is 5.91 Å². The number of nitrogens with zero attached hydrogens (tertiary/aromatic N) is 4. The van der Waals surface area contributed by atoms with Crippen LogP contribution in [0.2, 0.25) is 0 Å². The molecule has 8 heteroatoms. The van der Waals surface area contributed by atoms with Crippen molar-refractivity contribution in [1.29, 1.82) is 0 Å². The van der Waals surface area contributed by atoms with E-state index in [9.17, 15) is 14.0 Å². The number of carbonyl (C=O) groups is 2. The van der Waals surface area contributed by atoms with Gasteiger partial charge < -0.3 is 9.80 Å². The molecule has 0 bridgehead atoms. The van der Waals surface area contributed by atoms with Crippen LogP contribution in [0.4, 0.5) is 4.39 Å². The fraction of sp³-hybridized carbons (Fsp3) is 0.238. The maximum Gasteiger partial charge on any atom is 0.272 e. The molecule has 1 aromatic carbocycles. The number of piperazine rings is 1. The van der Waals surface area contributed by atoms with Crippen LogP contribution in [0.3, 0.4) is 0 Å². The standard InChI is InChI=1S/C21H20FN5O2/c22-17-4-2-1-3-16(17)13-20(28)26-9-11-27(12-10-26)21(29)19-14-18(24-25-19)15-5-7-23-8-6-15/h1-8,14H,9-13H2,(H,24,25). The van der Waals surface area contributed by atoms with Crippen LogP contribution in [0.5, 0.6) is 0 Å². The number of hydrogen-bond acceptors (Lipinski definition) is 4. The van der Waals surface area contributed by atoms with E-state index in [-0.39, 0.29) is 24.1 Å². The van der Waals surface area contributed by atoms with Crippen molar-refractivity contribution in [2.45, 2.75) is 6.42 Å². The molecule has 3 heterocycles. The molecule has 2 amide bonds. The first kappa shape index (κ1) is 18.8. The first-order valence-corrected chi connectivity index (χ1v) is 9.38. The highest BCUT2D eigenvalue weighted by atomic mass is 19.1. The summed E-state index contributed by atoms with van der Waals surface area (Å²) in [6.07, 6.45) is 3.36. The second kappa shape index (κ2) is 8.22. The van der Waals surface area contributed by atoms with E-state index in [1.165, 1.54) is 6.07 Å². The summed E-state index contributed by atoms with van der Waals surface area (Å²) in [5.41, 5.74) is 2.34. The van der Waals surface area contributed by atoms with Crippen molar-refractivity contribution in [3.63, 3.8) is 0 Å². The van der Waals surface area contributed by atoms with E-state index >= 15 is 0 Å². The first-order valence-electron chi connectivity index (χ1n) is 9.38. The minimum Gasteiger partial charge on any atom is -0.339 e. The Morgan fingerprint density at radius 3 is 2.41 bits per heavy atom. The third-order valence-electron chi connectivity index (χ3n) is 5.00. The lowest BCUT2D eigenvalue weighted by atomic mass is 10.1. The molecule has 148 valence electrons. The van der Waals surface area contributed by atoms with Crippen LogP contribution >= 0.6 is 0 Å². The van der Waals surface area contributed by atoms with E-state index in [0.29, 0.717) is 43.1 Å². The highest BCUT2D eigenvalue weighted by molar-refractivity contribution is 5.93. The van der Waals surface area contributed by atoms with Gasteiger partial charge in [-0.15, -0.1) is 0 Å². The number of aromatic nitrogens is 3. The van der Waals surface area contributed by atoms with Gasteiger partial charge in [-0.2, -0.15) is 5.10 Å². The zero-order chi connectivity index (χ0) is 20.2. The van der Waals surface area contributed by atoms with Crippen LogP contribution in [0.1, 0.15) is 16.1 Å². The van der Waals surface area contributed by atoms with E-state index in [1.54, 1.807) is 46.5 Å². The van der Waals surface area contributed by atoms with Crippen molar-refractivity contribution in [2.24, 2.45) is 0 Å². The predicted molar refractivity (Wildman–Crippen MR) is 104 cm³/mol. The minimum absolute atomic E-state index is 0.0243. The summed E-state index contributed by atoms with van der Waals surface area (Å²) < 4.78 is 13.8. The molecule has 0 saturated carbocycles. The van der Waals surface area contributed by atoms with Crippen molar-refractivity contribution < 1.29 is 14.0 Å². The normalized spacial score (nSPS) is 14.1. The number of pyridine rings is 1. The lowest BCUT2D eigenvalue weighted by Crippen LogP contribution is -2.51. The molecule has 0 spiro atoms. The molecule has 0 aliphatic carbocycles. The third kappa shape index (κ3) is 4.16. The molecule has 3 aromatic rings. The summed E-state index contributed by atoms with van der Waals surface area (Å²) in [4.78, 5) is 32.5. The quantitative estimate of drug-likeness (QED) is 0.736. The van der Waals surface area contributed by atoms with Crippen molar-refractivity contribution in [3.05, 3.63) is 71.9 Å². The number of halogens is 1. The molecule has 1 aliphatic heterocycles. The minimum atomic E-state index is -0.376. The van der Waals surface area contributed by atoms with Crippen LogP contribution < -0.4 is 0 Å². The molecular weight excluding hydrogens is 373 g/mol. The molecule has 1 N–H and O–H groups in total. The zero-order valence-corrected chi connectivity index (χ0v) is 15.7. The Bertz CT molecular complexity index is 1010. The average molecular weight is 393 g/mol. The van der Waals surface area contributed by atoms with Gasteiger partial charge in [-0.25, -0.2) is 4.39 Å². The fourth-order valence-corrected chi connectivity index (χ4v) is 3.35. The van der Waals surface area contributed by atoms with Gasteiger partial charge in [0.25, 0.3) is 5.91 Å². The molecule has 0 unspecified atom stereocenters. The number of hydrogen-bond donors (Lipinski definition) is 1. The van der Waals surface area contributed by atoms with Crippen molar-refractivity contribution in [1.82, 2.24) is 25.0 Å². The predicted octanol–water partition coefficient (Wildman–Crippen LogP) is 2.14. The van der Waals surface area contributed by atoms with E-state index in [0.717, 1.165) is 5.56 Å².